The average molecular weight is 270 g/mol. The van der Waals surface area contributed by atoms with E-state index in [4.69, 9.17) is 0 Å². The van der Waals surface area contributed by atoms with Crippen LogP contribution in [0, 0.1) is 12.7 Å². The lowest BCUT2D eigenvalue weighted by Crippen LogP contribution is -2.17. The zero-order valence-electron chi connectivity index (χ0n) is 9.96. The van der Waals surface area contributed by atoms with Crippen molar-refractivity contribution >= 4 is 0 Å². The smallest absolute Gasteiger partial charge is 0.406 e. The molecule has 0 amide bonds. The summed E-state index contributed by atoms with van der Waals surface area (Å²) in [6.45, 7) is 1.76. The molecule has 0 bridgehead atoms. The number of aryl methyl sites for hydroxylation is 1. The molecule has 0 atom stereocenters. The van der Waals surface area contributed by atoms with Gasteiger partial charge in [-0.2, -0.15) is 0 Å². The molecular weight excluding hydrogens is 260 g/mol. The van der Waals surface area contributed by atoms with E-state index in [-0.39, 0.29) is 5.75 Å². The Labute approximate surface area is 107 Å². The highest BCUT2D eigenvalue weighted by atomic mass is 19.4. The zero-order chi connectivity index (χ0) is 14.0. The van der Waals surface area contributed by atoms with Crippen molar-refractivity contribution in [3.05, 3.63) is 53.8 Å². The molecule has 0 radical (unpaired) electrons. The van der Waals surface area contributed by atoms with E-state index in [1.165, 1.54) is 30.3 Å². The Morgan fingerprint density at radius 1 is 1.00 bits per heavy atom. The molecule has 0 aromatic heterocycles. The van der Waals surface area contributed by atoms with Crippen molar-refractivity contribution < 1.29 is 22.3 Å². The Balaban J connectivity index is 2.40. The molecule has 2 aromatic rings. The van der Waals surface area contributed by atoms with E-state index in [9.17, 15) is 17.6 Å². The van der Waals surface area contributed by atoms with Crippen LogP contribution in [0.25, 0.3) is 11.1 Å². The molecule has 0 heterocycles. The first-order valence-electron chi connectivity index (χ1n) is 5.47. The second kappa shape index (κ2) is 4.91. The quantitative estimate of drug-likeness (QED) is 0.719. The molecule has 2 aromatic carbocycles. The molecule has 0 saturated heterocycles. The summed E-state index contributed by atoms with van der Waals surface area (Å²) in [7, 11) is 0. The molecule has 2 rings (SSSR count). The lowest BCUT2D eigenvalue weighted by molar-refractivity contribution is -0.274. The molecule has 0 aliphatic rings. The molecule has 19 heavy (non-hydrogen) atoms. The van der Waals surface area contributed by atoms with E-state index in [1.807, 2.05) is 0 Å². The van der Waals surface area contributed by atoms with Gasteiger partial charge in [0.15, 0.2) is 0 Å². The van der Waals surface area contributed by atoms with Gasteiger partial charge in [0.2, 0.25) is 0 Å². The van der Waals surface area contributed by atoms with E-state index in [0.717, 1.165) is 5.56 Å². The van der Waals surface area contributed by atoms with Crippen molar-refractivity contribution in [2.45, 2.75) is 13.3 Å². The molecule has 0 N–H and O–H groups in total. The topological polar surface area (TPSA) is 9.23 Å². The summed E-state index contributed by atoms with van der Waals surface area (Å²) in [5.41, 5.74) is 1.77. The molecule has 0 unspecified atom stereocenters. The predicted molar refractivity (Wildman–Crippen MR) is 63.3 cm³/mol. The molecule has 0 saturated carbocycles. The van der Waals surface area contributed by atoms with E-state index in [2.05, 4.69) is 4.74 Å². The minimum atomic E-state index is -4.74. The van der Waals surface area contributed by atoms with Gasteiger partial charge in [-0.3, -0.25) is 0 Å². The van der Waals surface area contributed by atoms with Crippen molar-refractivity contribution in [1.82, 2.24) is 0 Å². The van der Waals surface area contributed by atoms with Crippen molar-refractivity contribution in [3.8, 4) is 16.9 Å². The first kappa shape index (κ1) is 13.4. The first-order chi connectivity index (χ1) is 8.85. The number of benzene rings is 2. The van der Waals surface area contributed by atoms with E-state index in [1.54, 1.807) is 19.1 Å². The van der Waals surface area contributed by atoms with Crippen molar-refractivity contribution in [3.63, 3.8) is 0 Å². The largest absolute Gasteiger partial charge is 0.573 e. The standard InChI is InChI=1S/C14H10F4O/c1-9-5-6-11(15)8-13(9)10-3-2-4-12(7-10)19-14(16,17)18/h2-8H,1H3. The Morgan fingerprint density at radius 3 is 2.42 bits per heavy atom. The summed E-state index contributed by atoms with van der Waals surface area (Å²) in [6.07, 6.45) is -4.74. The van der Waals surface area contributed by atoms with Gasteiger partial charge < -0.3 is 4.74 Å². The van der Waals surface area contributed by atoms with Crippen molar-refractivity contribution in [2.75, 3.05) is 0 Å². The Morgan fingerprint density at radius 2 is 1.74 bits per heavy atom. The maximum atomic E-state index is 13.2. The second-order valence-corrected chi connectivity index (χ2v) is 4.03. The minimum absolute atomic E-state index is 0.325. The number of hydrogen-bond donors (Lipinski definition) is 0. The first-order valence-corrected chi connectivity index (χ1v) is 5.47. The van der Waals surface area contributed by atoms with Crippen LogP contribution >= 0.6 is 0 Å². The van der Waals surface area contributed by atoms with Gasteiger partial charge in [-0.25, -0.2) is 4.39 Å². The van der Waals surface area contributed by atoms with E-state index >= 15 is 0 Å². The summed E-state index contributed by atoms with van der Waals surface area (Å²) < 4.78 is 53.4. The number of rotatable bonds is 2. The van der Waals surface area contributed by atoms with Gasteiger partial charge in [-0.1, -0.05) is 18.2 Å². The third kappa shape index (κ3) is 3.47. The van der Waals surface area contributed by atoms with Crippen LogP contribution in [0.2, 0.25) is 0 Å². The summed E-state index contributed by atoms with van der Waals surface area (Å²) >= 11 is 0. The average Bonchev–Trinajstić information content (AvgIpc) is 2.30. The van der Waals surface area contributed by atoms with Crippen LogP contribution in [0.3, 0.4) is 0 Å². The van der Waals surface area contributed by atoms with Gasteiger partial charge in [-0.05, 0) is 47.9 Å². The zero-order valence-corrected chi connectivity index (χ0v) is 9.96. The van der Waals surface area contributed by atoms with Gasteiger partial charge >= 0.3 is 6.36 Å². The molecule has 0 fully saturated rings. The summed E-state index contributed by atoms with van der Waals surface area (Å²) in [6, 6.07) is 9.62. The molecule has 0 spiro atoms. The molecule has 0 aliphatic heterocycles. The lowest BCUT2D eigenvalue weighted by Gasteiger charge is -2.11. The molecular formula is C14H10F4O. The number of ether oxygens (including phenoxy) is 1. The van der Waals surface area contributed by atoms with Gasteiger partial charge in [0, 0.05) is 0 Å². The lowest BCUT2D eigenvalue weighted by atomic mass is 10.0. The van der Waals surface area contributed by atoms with Gasteiger partial charge in [0.05, 0.1) is 0 Å². The molecule has 0 aliphatic carbocycles. The number of halogens is 4. The highest BCUT2D eigenvalue weighted by Gasteiger charge is 2.31. The van der Waals surface area contributed by atoms with Crippen LogP contribution in [0.5, 0.6) is 5.75 Å². The summed E-state index contributed by atoms with van der Waals surface area (Å²) in [4.78, 5) is 0. The predicted octanol–water partition coefficient (Wildman–Crippen LogP) is 4.70. The van der Waals surface area contributed by atoms with E-state index < -0.39 is 12.2 Å². The third-order valence-electron chi connectivity index (χ3n) is 2.58. The number of alkyl halides is 3. The van der Waals surface area contributed by atoms with Gasteiger partial charge in [0.1, 0.15) is 11.6 Å². The van der Waals surface area contributed by atoms with Gasteiger partial charge in [-0.15, -0.1) is 13.2 Å². The van der Waals surface area contributed by atoms with Crippen LogP contribution in [0.15, 0.2) is 42.5 Å². The fourth-order valence-corrected chi connectivity index (χ4v) is 1.77. The highest BCUT2D eigenvalue weighted by Crippen LogP contribution is 2.30. The molecule has 100 valence electrons. The SMILES string of the molecule is Cc1ccc(F)cc1-c1cccc(OC(F)(F)F)c1. The van der Waals surface area contributed by atoms with Crippen molar-refractivity contribution in [1.29, 1.82) is 0 Å². The third-order valence-corrected chi connectivity index (χ3v) is 2.58. The second-order valence-electron chi connectivity index (χ2n) is 4.03. The van der Waals surface area contributed by atoms with Crippen LogP contribution < -0.4 is 4.74 Å². The van der Waals surface area contributed by atoms with E-state index in [0.29, 0.717) is 11.1 Å². The Kier molecular flexibility index (Phi) is 3.46. The summed E-state index contributed by atoms with van der Waals surface area (Å²) in [5.74, 6) is -0.767. The monoisotopic (exact) mass is 270 g/mol. The Bertz CT molecular complexity index is 590. The number of hydrogen-bond acceptors (Lipinski definition) is 1. The highest BCUT2D eigenvalue weighted by molar-refractivity contribution is 5.68. The Hall–Kier alpha value is -2.04. The van der Waals surface area contributed by atoms with Crippen LogP contribution in [-0.2, 0) is 0 Å². The maximum Gasteiger partial charge on any atom is 0.573 e. The normalized spacial score (nSPS) is 11.4. The minimum Gasteiger partial charge on any atom is -0.406 e. The molecule has 1 nitrogen and oxygen atoms in total. The molecule has 5 heteroatoms. The van der Waals surface area contributed by atoms with Crippen LogP contribution in [0.1, 0.15) is 5.56 Å². The fraction of sp³-hybridized carbons (Fsp3) is 0.143. The fourth-order valence-electron chi connectivity index (χ4n) is 1.77. The maximum absolute atomic E-state index is 13.2. The van der Waals surface area contributed by atoms with Crippen LogP contribution in [0.4, 0.5) is 17.6 Å². The van der Waals surface area contributed by atoms with Gasteiger partial charge in [0.25, 0.3) is 0 Å². The summed E-state index contributed by atoms with van der Waals surface area (Å²) in [5, 5.41) is 0. The van der Waals surface area contributed by atoms with Crippen LogP contribution in [-0.4, -0.2) is 6.36 Å². The van der Waals surface area contributed by atoms with Crippen molar-refractivity contribution in [2.24, 2.45) is 0 Å².